The molecule has 0 heterocycles. The lowest BCUT2D eigenvalue weighted by molar-refractivity contribution is -0.102. The maximum Gasteiger partial charge on any atom is 0.177 e. The Morgan fingerprint density at radius 3 is 2.43 bits per heavy atom. The molecule has 0 N–H and O–H groups in total. The minimum atomic E-state index is 0.259. The summed E-state index contributed by atoms with van der Waals surface area (Å²) >= 11 is 4.85. The molecular weight excluding hydrogens is 198 g/mol. The van der Waals surface area contributed by atoms with Gasteiger partial charge >= 0.3 is 0 Å². The number of thiocarbonyl (C=S) groups is 1. The van der Waals surface area contributed by atoms with Gasteiger partial charge in [0.05, 0.1) is 7.11 Å². The van der Waals surface area contributed by atoms with Gasteiger partial charge in [-0.15, -0.1) is 0 Å². The van der Waals surface area contributed by atoms with Crippen molar-refractivity contribution in [3.8, 4) is 5.75 Å². The molecule has 0 unspecified atom stereocenters. The van der Waals surface area contributed by atoms with Crippen LogP contribution < -0.4 is 9.64 Å². The van der Waals surface area contributed by atoms with Gasteiger partial charge in [0.25, 0.3) is 0 Å². The fraction of sp³-hybridized carbons (Fsp3) is 0.200. The van der Waals surface area contributed by atoms with Crippen molar-refractivity contribution in [1.82, 2.24) is 0 Å². The van der Waals surface area contributed by atoms with Gasteiger partial charge in [-0.25, -0.2) is 0 Å². The summed E-state index contributed by atoms with van der Waals surface area (Å²) in [6.07, 6.45) is 0.652. The Balaban J connectivity index is 2.86. The Hall–Kier alpha value is -1.42. The van der Waals surface area contributed by atoms with Crippen molar-refractivity contribution < 1.29 is 9.53 Å². The molecule has 0 aliphatic heterocycles. The third-order valence-corrected chi connectivity index (χ3v) is 2.26. The zero-order chi connectivity index (χ0) is 10.6. The molecule has 1 rings (SSSR count). The maximum absolute atomic E-state index is 10.4. The quantitative estimate of drug-likeness (QED) is 0.559. The topological polar surface area (TPSA) is 29.5 Å². The van der Waals surface area contributed by atoms with E-state index in [9.17, 15) is 4.79 Å². The van der Waals surface area contributed by atoms with Crippen LogP contribution in [0.2, 0.25) is 0 Å². The largest absolute Gasteiger partial charge is 0.497 e. The lowest BCUT2D eigenvalue weighted by atomic mass is 10.3. The number of ether oxygens (including phenoxy) is 1. The Labute approximate surface area is 88.3 Å². The summed E-state index contributed by atoms with van der Waals surface area (Å²) in [4.78, 5) is 12.3. The number of likely N-dealkylation sites (N-methyl/N-ethyl adjacent to an activating group) is 1. The predicted molar refractivity (Wildman–Crippen MR) is 60.1 cm³/mol. The van der Waals surface area contributed by atoms with Crippen LogP contribution in [0.4, 0.5) is 5.69 Å². The molecule has 0 radical (unpaired) electrons. The zero-order valence-electron chi connectivity index (χ0n) is 8.06. The average molecular weight is 209 g/mol. The van der Waals surface area contributed by atoms with Crippen molar-refractivity contribution in [2.45, 2.75) is 0 Å². The molecule has 0 saturated heterocycles. The van der Waals surface area contributed by atoms with E-state index in [0.717, 1.165) is 11.4 Å². The second-order valence-electron chi connectivity index (χ2n) is 2.71. The van der Waals surface area contributed by atoms with Gasteiger partial charge in [-0.05, 0) is 24.3 Å². The number of anilines is 1. The van der Waals surface area contributed by atoms with Gasteiger partial charge in [-0.1, -0.05) is 12.2 Å². The van der Waals surface area contributed by atoms with E-state index in [-0.39, 0.29) is 4.99 Å². The Morgan fingerprint density at radius 1 is 1.43 bits per heavy atom. The monoisotopic (exact) mass is 209 g/mol. The van der Waals surface area contributed by atoms with Crippen LogP contribution >= 0.6 is 12.2 Å². The van der Waals surface area contributed by atoms with Crippen molar-refractivity contribution >= 4 is 29.2 Å². The first-order valence-electron chi connectivity index (χ1n) is 4.06. The number of carbonyl (C=O) groups is 1. The van der Waals surface area contributed by atoms with Crippen LogP contribution in [0.15, 0.2) is 24.3 Å². The number of carbonyl (C=O) groups excluding carboxylic acids is 1. The standard InChI is InChI=1S/C10H11NO2S/c1-11(10(14)7-12)8-3-5-9(13-2)6-4-8/h3-7H,1-2H3. The summed E-state index contributed by atoms with van der Waals surface area (Å²) in [6.45, 7) is 0. The van der Waals surface area contributed by atoms with Crippen molar-refractivity contribution in [3.05, 3.63) is 24.3 Å². The number of nitrogens with zero attached hydrogens (tertiary/aromatic N) is 1. The molecule has 0 amide bonds. The fourth-order valence-electron chi connectivity index (χ4n) is 1.01. The first-order chi connectivity index (χ1) is 6.69. The third-order valence-electron chi connectivity index (χ3n) is 1.89. The van der Waals surface area contributed by atoms with Gasteiger partial charge in [0.1, 0.15) is 10.7 Å². The van der Waals surface area contributed by atoms with Gasteiger partial charge in [0, 0.05) is 12.7 Å². The molecule has 4 heteroatoms. The second kappa shape index (κ2) is 4.72. The van der Waals surface area contributed by atoms with E-state index in [1.165, 1.54) is 0 Å². The molecule has 0 aromatic heterocycles. The second-order valence-corrected chi connectivity index (χ2v) is 3.13. The number of rotatable bonds is 3. The SMILES string of the molecule is COc1ccc(N(C)C(=S)C=O)cc1. The normalized spacial score (nSPS) is 9.29. The summed E-state index contributed by atoms with van der Waals surface area (Å²) in [5, 5.41) is 0. The summed E-state index contributed by atoms with van der Waals surface area (Å²) in [5.41, 5.74) is 0.864. The van der Waals surface area contributed by atoms with E-state index in [2.05, 4.69) is 0 Å². The lowest BCUT2D eigenvalue weighted by Gasteiger charge is -2.16. The molecule has 0 bridgehead atoms. The molecule has 1 aromatic rings. The highest BCUT2D eigenvalue weighted by Gasteiger charge is 2.04. The summed E-state index contributed by atoms with van der Waals surface area (Å²) in [5.74, 6) is 0.777. The molecule has 74 valence electrons. The Kier molecular flexibility index (Phi) is 3.59. The maximum atomic E-state index is 10.4. The van der Waals surface area contributed by atoms with E-state index in [1.807, 2.05) is 24.3 Å². The van der Waals surface area contributed by atoms with Crippen LogP contribution in [0.25, 0.3) is 0 Å². The Morgan fingerprint density at radius 2 is 2.00 bits per heavy atom. The van der Waals surface area contributed by atoms with Gasteiger partial charge in [-0.3, -0.25) is 4.79 Å². The molecular formula is C10H11NO2S. The molecule has 0 fully saturated rings. The van der Waals surface area contributed by atoms with E-state index in [1.54, 1.807) is 19.1 Å². The lowest BCUT2D eigenvalue weighted by Crippen LogP contribution is -2.24. The van der Waals surface area contributed by atoms with Crippen molar-refractivity contribution in [2.75, 3.05) is 19.1 Å². The predicted octanol–water partition coefficient (Wildman–Crippen LogP) is 1.66. The summed E-state index contributed by atoms with van der Waals surface area (Å²) in [6, 6.07) is 7.32. The van der Waals surface area contributed by atoms with E-state index < -0.39 is 0 Å². The number of benzene rings is 1. The van der Waals surface area contributed by atoms with Crippen LogP contribution in [0.3, 0.4) is 0 Å². The third kappa shape index (κ3) is 2.29. The summed E-state index contributed by atoms with van der Waals surface area (Å²) < 4.78 is 5.01. The molecule has 0 aliphatic rings. The molecule has 0 spiro atoms. The molecule has 1 aromatic carbocycles. The number of aldehydes is 1. The first-order valence-corrected chi connectivity index (χ1v) is 4.46. The molecule has 14 heavy (non-hydrogen) atoms. The van der Waals surface area contributed by atoms with Crippen molar-refractivity contribution in [1.29, 1.82) is 0 Å². The highest BCUT2D eigenvalue weighted by molar-refractivity contribution is 7.82. The smallest absolute Gasteiger partial charge is 0.177 e. The van der Waals surface area contributed by atoms with Crippen LogP contribution in [-0.2, 0) is 4.79 Å². The molecule has 0 aliphatic carbocycles. The van der Waals surface area contributed by atoms with Crippen LogP contribution in [0.1, 0.15) is 0 Å². The van der Waals surface area contributed by atoms with Crippen LogP contribution in [0.5, 0.6) is 5.75 Å². The minimum absolute atomic E-state index is 0.259. The van der Waals surface area contributed by atoms with E-state index in [4.69, 9.17) is 17.0 Å². The zero-order valence-corrected chi connectivity index (χ0v) is 8.88. The highest BCUT2D eigenvalue weighted by atomic mass is 32.1. The number of hydrogen-bond donors (Lipinski definition) is 0. The molecule has 0 saturated carbocycles. The summed E-state index contributed by atoms with van der Waals surface area (Å²) in [7, 11) is 3.35. The molecule has 3 nitrogen and oxygen atoms in total. The first kappa shape index (κ1) is 10.7. The van der Waals surface area contributed by atoms with Gasteiger partial charge < -0.3 is 9.64 Å². The van der Waals surface area contributed by atoms with E-state index in [0.29, 0.717) is 6.29 Å². The Bertz CT molecular complexity index is 334. The minimum Gasteiger partial charge on any atom is -0.497 e. The van der Waals surface area contributed by atoms with Gasteiger partial charge in [-0.2, -0.15) is 0 Å². The molecule has 0 atom stereocenters. The van der Waals surface area contributed by atoms with Gasteiger partial charge in [0.2, 0.25) is 0 Å². The number of hydrogen-bond acceptors (Lipinski definition) is 3. The van der Waals surface area contributed by atoms with E-state index >= 15 is 0 Å². The number of methoxy groups -OCH3 is 1. The van der Waals surface area contributed by atoms with Crippen LogP contribution in [0, 0.1) is 0 Å². The highest BCUT2D eigenvalue weighted by Crippen LogP contribution is 2.18. The van der Waals surface area contributed by atoms with Crippen molar-refractivity contribution in [2.24, 2.45) is 0 Å². The van der Waals surface area contributed by atoms with Gasteiger partial charge in [0.15, 0.2) is 6.29 Å². The fourth-order valence-corrected chi connectivity index (χ4v) is 1.12. The van der Waals surface area contributed by atoms with Crippen molar-refractivity contribution in [3.63, 3.8) is 0 Å². The average Bonchev–Trinajstić information content (AvgIpc) is 2.27. The van der Waals surface area contributed by atoms with Crippen LogP contribution in [-0.4, -0.2) is 25.4 Å².